The van der Waals surface area contributed by atoms with E-state index in [1.165, 1.54) is 11.1 Å². The van der Waals surface area contributed by atoms with Gasteiger partial charge in [-0.1, -0.05) is 66.0 Å². The molecule has 2 heterocycles. The standard InChI is InChI=1S/C23H27N3OS2/c1-18-6-2-3-7-19(18)16-25-11-13-26(14-12-25)22(27)21-9-5-4-8-20(21)17-29-23-24-10-15-28-23/h2-9H,10-17H2,1H3. The maximum Gasteiger partial charge on any atom is 0.254 e. The number of carbonyl (C=O) groups is 1. The number of carbonyl (C=O) groups excluding carboxylic acids is 1. The van der Waals surface area contributed by atoms with Gasteiger partial charge in [0.1, 0.15) is 4.38 Å². The lowest BCUT2D eigenvalue weighted by Crippen LogP contribution is -2.48. The van der Waals surface area contributed by atoms with Crippen molar-refractivity contribution in [2.75, 3.05) is 38.5 Å². The summed E-state index contributed by atoms with van der Waals surface area (Å²) in [5, 5.41) is 0. The molecule has 0 saturated carbocycles. The van der Waals surface area contributed by atoms with E-state index in [-0.39, 0.29) is 5.91 Å². The average molecular weight is 426 g/mol. The van der Waals surface area contributed by atoms with Crippen LogP contribution in [-0.4, -0.2) is 58.6 Å². The fraction of sp³-hybridized carbons (Fsp3) is 0.391. The molecule has 4 rings (SSSR count). The first-order chi connectivity index (χ1) is 14.2. The Morgan fingerprint density at radius 3 is 2.48 bits per heavy atom. The Bertz CT molecular complexity index is 891. The van der Waals surface area contributed by atoms with Gasteiger partial charge >= 0.3 is 0 Å². The highest BCUT2D eigenvalue weighted by Crippen LogP contribution is 2.27. The van der Waals surface area contributed by atoms with E-state index in [1.54, 1.807) is 11.8 Å². The summed E-state index contributed by atoms with van der Waals surface area (Å²) < 4.78 is 1.15. The fourth-order valence-electron chi connectivity index (χ4n) is 3.70. The second kappa shape index (κ2) is 9.83. The first-order valence-corrected chi connectivity index (χ1v) is 12.1. The zero-order valence-corrected chi connectivity index (χ0v) is 18.5. The van der Waals surface area contributed by atoms with E-state index in [0.717, 1.165) is 66.3 Å². The molecule has 1 fully saturated rings. The van der Waals surface area contributed by atoms with Crippen molar-refractivity contribution in [1.82, 2.24) is 9.80 Å². The van der Waals surface area contributed by atoms with Crippen LogP contribution in [0.4, 0.5) is 0 Å². The quantitative estimate of drug-likeness (QED) is 0.716. The van der Waals surface area contributed by atoms with Crippen LogP contribution in [0.15, 0.2) is 53.5 Å². The summed E-state index contributed by atoms with van der Waals surface area (Å²) in [6, 6.07) is 16.6. The average Bonchev–Trinajstić information content (AvgIpc) is 3.28. The number of piperazine rings is 1. The molecule has 0 bridgehead atoms. The molecule has 2 aromatic carbocycles. The van der Waals surface area contributed by atoms with Crippen LogP contribution in [0, 0.1) is 6.92 Å². The minimum atomic E-state index is 0.165. The third kappa shape index (κ3) is 5.24. The van der Waals surface area contributed by atoms with E-state index < -0.39 is 0 Å². The van der Waals surface area contributed by atoms with Crippen LogP contribution in [0.5, 0.6) is 0 Å². The minimum absolute atomic E-state index is 0.165. The summed E-state index contributed by atoms with van der Waals surface area (Å²) in [6.07, 6.45) is 0. The number of aliphatic imine (C=N–C) groups is 1. The van der Waals surface area contributed by atoms with Gasteiger partial charge in [-0.3, -0.25) is 14.7 Å². The van der Waals surface area contributed by atoms with Crippen LogP contribution < -0.4 is 0 Å². The van der Waals surface area contributed by atoms with E-state index in [4.69, 9.17) is 0 Å². The summed E-state index contributed by atoms with van der Waals surface area (Å²) in [6.45, 7) is 7.46. The topological polar surface area (TPSA) is 35.9 Å². The molecule has 29 heavy (non-hydrogen) atoms. The molecule has 0 aliphatic carbocycles. The number of amides is 1. The molecule has 152 valence electrons. The molecule has 0 aromatic heterocycles. The van der Waals surface area contributed by atoms with Gasteiger partial charge < -0.3 is 4.90 Å². The number of thioether (sulfide) groups is 2. The zero-order valence-electron chi connectivity index (χ0n) is 16.8. The Kier molecular flexibility index (Phi) is 6.95. The van der Waals surface area contributed by atoms with E-state index >= 15 is 0 Å². The molecule has 6 heteroatoms. The highest BCUT2D eigenvalue weighted by atomic mass is 32.2. The number of hydrogen-bond donors (Lipinski definition) is 0. The SMILES string of the molecule is Cc1ccccc1CN1CCN(C(=O)c2ccccc2CSC2=NCCS2)CC1. The van der Waals surface area contributed by atoms with E-state index in [0.29, 0.717) is 0 Å². The molecule has 0 atom stereocenters. The third-order valence-corrected chi connectivity index (χ3v) is 7.77. The molecule has 2 aromatic rings. The van der Waals surface area contributed by atoms with E-state index in [2.05, 4.69) is 47.1 Å². The summed E-state index contributed by atoms with van der Waals surface area (Å²) in [4.78, 5) is 22.2. The van der Waals surface area contributed by atoms with Crippen LogP contribution in [-0.2, 0) is 12.3 Å². The molecule has 0 N–H and O–H groups in total. The van der Waals surface area contributed by atoms with Crippen molar-refractivity contribution in [1.29, 1.82) is 0 Å². The molecule has 0 radical (unpaired) electrons. The van der Waals surface area contributed by atoms with Gasteiger partial charge in [0.05, 0.1) is 6.54 Å². The van der Waals surface area contributed by atoms with Crippen LogP contribution in [0.25, 0.3) is 0 Å². The molecule has 1 saturated heterocycles. The lowest BCUT2D eigenvalue weighted by atomic mass is 10.1. The second-order valence-corrected chi connectivity index (χ2v) is 9.74. The van der Waals surface area contributed by atoms with Crippen molar-refractivity contribution in [2.24, 2.45) is 4.99 Å². The predicted molar refractivity (Wildman–Crippen MR) is 125 cm³/mol. The van der Waals surface area contributed by atoms with Crippen molar-refractivity contribution in [3.63, 3.8) is 0 Å². The van der Waals surface area contributed by atoms with Crippen LogP contribution in [0.2, 0.25) is 0 Å². The second-order valence-electron chi connectivity index (χ2n) is 7.44. The van der Waals surface area contributed by atoms with Crippen molar-refractivity contribution in [2.45, 2.75) is 19.2 Å². The van der Waals surface area contributed by atoms with E-state index in [1.807, 2.05) is 34.9 Å². The van der Waals surface area contributed by atoms with Crippen molar-refractivity contribution >= 4 is 33.8 Å². The van der Waals surface area contributed by atoms with Gasteiger partial charge in [-0.05, 0) is 29.7 Å². The predicted octanol–water partition coefficient (Wildman–Crippen LogP) is 4.29. The molecule has 2 aliphatic heterocycles. The number of hydrogen-bond acceptors (Lipinski definition) is 5. The van der Waals surface area contributed by atoms with Gasteiger partial charge in [0, 0.05) is 49.8 Å². The van der Waals surface area contributed by atoms with Crippen LogP contribution in [0.3, 0.4) is 0 Å². The van der Waals surface area contributed by atoms with Gasteiger partial charge in [-0.2, -0.15) is 0 Å². The lowest BCUT2D eigenvalue weighted by Gasteiger charge is -2.35. The Morgan fingerprint density at radius 1 is 1.03 bits per heavy atom. The maximum atomic E-state index is 13.2. The number of rotatable bonds is 5. The molecule has 1 amide bonds. The summed E-state index contributed by atoms with van der Waals surface area (Å²) in [5.74, 6) is 2.05. The molecule has 0 unspecified atom stereocenters. The Hall–Kier alpha value is -1.76. The molecular weight excluding hydrogens is 398 g/mol. The Morgan fingerprint density at radius 2 is 1.76 bits per heavy atom. The lowest BCUT2D eigenvalue weighted by molar-refractivity contribution is 0.0627. The van der Waals surface area contributed by atoms with Gasteiger partial charge in [0.15, 0.2) is 0 Å². The third-order valence-electron chi connectivity index (χ3n) is 5.47. The van der Waals surface area contributed by atoms with Crippen LogP contribution >= 0.6 is 23.5 Å². The number of aryl methyl sites for hydroxylation is 1. The number of nitrogens with zero attached hydrogens (tertiary/aromatic N) is 3. The minimum Gasteiger partial charge on any atom is -0.336 e. The van der Waals surface area contributed by atoms with Crippen LogP contribution in [0.1, 0.15) is 27.0 Å². The highest BCUT2D eigenvalue weighted by Gasteiger charge is 2.24. The van der Waals surface area contributed by atoms with E-state index in [9.17, 15) is 4.79 Å². The maximum absolute atomic E-state index is 13.2. The smallest absolute Gasteiger partial charge is 0.254 e. The molecule has 0 spiro atoms. The van der Waals surface area contributed by atoms with Crippen molar-refractivity contribution < 1.29 is 4.79 Å². The van der Waals surface area contributed by atoms with Crippen molar-refractivity contribution in [3.8, 4) is 0 Å². The van der Waals surface area contributed by atoms with Gasteiger partial charge in [0.2, 0.25) is 0 Å². The normalized spacial score (nSPS) is 17.4. The fourth-order valence-corrected chi connectivity index (χ4v) is 5.72. The number of benzene rings is 2. The summed E-state index contributed by atoms with van der Waals surface area (Å²) in [5.41, 5.74) is 4.67. The molecule has 4 nitrogen and oxygen atoms in total. The van der Waals surface area contributed by atoms with Crippen molar-refractivity contribution in [3.05, 3.63) is 70.8 Å². The largest absolute Gasteiger partial charge is 0.336 e. The molecular formula is C23H27N3OS2. The highest BCUT2D eigenvalue weighted by molar-refractivity contribution is 8.38. The van der Waals surface area contributed by atoms with Gasteiger partial charge in [0.25, 0.3) is 5.91 Å². The summed E-state index contributed by atoms with van der Waals surface area (Å²) in [7, 11) is 0. The molecule has 2 aliphatic rings. The first-order valence-electron chi connectivity index (χ1n) is 10.1. The Labute approximate surface area is 181 Å². The van der Waals surface area contributed by atoms with Gasteiger partial charge in [-0.25, -0.2) is 0 Å². The monoisotopic (exact) mass is 425 g/mol. The summed E-state index contributed by atoms with van der Waals surface area (Å²) >= 11 is 3.57. The Balaban J connectivity index is 1.35. The first kappa shape index (κ1) is 20.5. The zero-order chi connectivity index (χ0) is 20.1. The van der Waals surface area contributed by atoms with Gasteiger partial charge in [-0.15, -0.1) is 0 Å².